The number of carbonyl (C=O) groups is 1. The van der Waals surface area contributed by atoms with Gasteiger partial charge in [-0.1, -0.05) is 42.5 Å². The Bertz CT molecular complexity index is 1170. The Morgan fingerprint density at radius 3 is 2.17 bits per heavy atom. The van der Waals surface area contributed by atoms with Gasteiger partial charge >= 0.3 is 0 Å². The van der Waals surface area contributed by atoms with E-state index < -0.39 is 4.92 Å². The lowest BCUT2D eigenvalue weighted by molar-refractivity contribution is -0.384. The minimum Gasteiger partial charge on any atom is -0.273 e. The molecule has 0 fully saturated rings. The lowest BCUT2D eigenvalue weighted by Gasteiger charge is -2.07. The smallest absolute Gasteiger partial charge is 0.269 e. The zero-order valence-electron chi connectivity index (χ0n) is 15.6. The molecule has 0 aliphatic heterocycles. The summed E-state index contributed by atoms with van der Waals surface area (Å²) >= 11 is 1.32. The first kappa shape index (κ1) is 19.3. The molecule has 4 rings (SSSR count). The van der Waals surface area contributed by atoms with Gasteiger partial charge in [0.1, 0.15) is 0 Å². The molecule has 0 aliphatic rings. The van der Waals surface area contributed by atoms with Crippen LogP contribution >= 0.6 is 11.3 Å². The van der Waals surface area contributed by atoms with Crippen LogP contribution in [-0.4, -0.2) is 15.8 Å². The van der Waals surface area contributed by atoms with E-state index in [0.29, 0.717) is 16.4 Å². The number of carbonyl (C=O) groups excluding carboxylic acids is 1. The van der Waals surface area contributed by atoms with Crippen molar-refractivity contribution in [2.24, 2.45) is 0 Å². The minimum absolute atomic E-state index is 0.0258. The van der Waals surface area contributed by atoms with E-state index in [1.807, 2.05) is 47.8 Å². The fourth-order valence-corrected chi connectivity index (χ4v) is 3.52. The van der Waals surface area contributed by atoms with Gasteiger partial charge in [-0.2, -0.15) is 0 Å². The number of thiazole rings is 1. The molecule has 0 radical (unpaired) electrons. The molecule has 1 heterocycles. The van der Waals surface area contributed by atoms with Gasteiger partial charge in [0.2, 0.25) is 5.13 Å². The molecule has 0 saturated heterocycles. The maximum absolute atomic E-state index is 12.4. The quantitative estimate of drug-likeness (QED) is 0.335. The highest BCUT2D eigenvalue weighted by Gasteiger charge is 2.10. The first-order valence-corrected chi connectivity index (χ1v) is 9.90. The van der Waals surface area contributed by atoms with Crippen LogP contribution in [0.4, 0.5) is 10.8 Å². The number of nitro groups is 1. The van der Waals surface area contributed by atoms with Crippen LogP contribution in [0.3, 0.4) is 0 Å². The summed E-state index contributed by atoms with van der Waals surface area (Å²) in [6.07, 6.45) is 0. The van der Waals surface area contributed by atoms with Crippen molar-refractivity contribution in [3.63, 3.8) is 0 Å². The SMILES string of the molecule is O=C(NNc1nc(-c2ccc([N+](=O)[O-])cc2)cs1)c1ccc(-c2ccccc2)cc1. The summed E-state index contributed by atoms with van der Waals surface area (Å²) in [6.45, 7) is 0. The maximum atomic E-state index is 12.4. The molecule has 148 valence electrons. The van der Waals surface area contributed by atoms with Gasteiger partial charge in [-0.25, -0.2) is 4.98 Å². The number of amides is 1. The molecule has 0 unspecified atom stereocenters. The van der Waals surface area contributed by atoms with E-state index in [2.05, 4.69) is 15.8 Å². The van der Waals surface area contributed by atoms with Crippen molar-refractivity contribution in [1.82, 2.24) is 10.4 Å². The first-order valence-electron chi connectivity index (χ1n) is 9.02. The molecule has 0 saturated carbocycles. The number of nitrogens with one attached hydrogen (secondary N) is 2. The fraction of sp³-hybridized carbons (Fsp3) is 0. The molecule has 1 amide bonds. The lowest BCUT2D eigenvalue weighted by Crippen LogP contribution is -2.29. The van der Waals surface area contributed by atoms with Crippen molar-refractivity contribution < 1.29 is 9.72 Å². The lowest BCUT2D eigenvalue weighted by atomic mass is 10.0. The third-order valence-corrected chi connectivity index (χ3v) is 5.17. The van der Waals surface area contributed by atoms with Crippen molar-refractivity contribution >= 4 is 28.1 Å². The van der Waals surface area contributed by atoms with E-state index in [-0.39, 0.29) is 11.6 Å². The van der Waals surface area contributed by atoms with E-state index in [0.717, 1.165) is 16.7 Å². The summed E-state index contributed by atoms with van der Waals surface area (Å²) in [5, 5.41) is 13.1. The second kappa shape index (κ2) is 8.54. The topological polar surface area (TPSA) is 97.2 Å². The van der Waals surface area contributed by atoms with Crippen LogP contribution in [0.15, 0.2) is 84.2 Å². The highest BCUT2D eigenvalue weighted by Crippen LogP contribution is 2.26. The molecule has 0 bridgehead atoms. The molecule has 0 spiro atoms. The van der Waals surface area contributed by atoms with Gasteiger partial charge in [-0.3, -0.25) is 25.8 Å². The molecule has 2 N–H and O–H groups in total. The summed E-state index contributed by atoms with van der Waals surface area (Å²) in [7, 11) is 0. The predicted molar refractivity (Wildman–Crippen MR) is 117 cm³/mol. The maximum Gasteiger partial charge on any atom is 0.269 e. The van der Waals surface area contributed by atoms with Gasteiger partial charge in [0.25, 0.3) is 11.6 Å². The van der Waals surface area contributed by atoms with Crippen LogP contribution in [0.25, 0.3) is 22.4 Å². The molecule has 4 aromatic rings. The molecule has 8 heteroatoms. The molecule has 30 heavy (non-hydrogen) atoms. The van der Waals surface area contributed by atoms with Crippen LogP contribution in [-0.2, 0) is 0 Å². The number of non-ortho nitro benzene ring substituents is 1. The molecular weight excluding hydrogens is 400 g/mol. The predicted octanol–water partition coefficient (Wildman–Crippen LogP) is 5.14. The third-order valence-electron chi connectivity index (χ3n) is 4.42. The van der Waals surface area contributed by atoms with Crippen molar-refractivity contribution in [1.29, 1.82) is 0 Å². The van der Waals surface area contributed by atoms with Crippen LogP contribution in [0, 0.1) is 10.1 Å². The van der Waals surface area contributed by atoms with E-state index in [9.17, 15) is 14.9 Å². The van der Waals surface area contributed by atoms with Gasteiger partial charge < -0.3 is 0 Å². The number of rotatable bonds is 6. The Morgan fingerprint density at radius 1 is 0.867 bits per heavy atom. The van der Waals surface area contributed by atoms with Gasteiger partial charge in [-0.15, -0.1) is 11.3 Å². The molecule has 0 aliphatic carbocycles. The number of nitro benzene ring substituents is 1. The average Bonchev–Trinajstić information content (AvgIpc) is 3.27. The van der Waals surface area contributed by atoms with Crippen LogP contribution in [0.1, 0.15) is 10.4 Å². The Balaban J connectivity index is 1.38. The highest BCUT2D eigenvalue weighted by molar-refractivity contribution is 7.14. The van der Waals surface area contributed by atoms with Crippen molar-refractivity contribution in [2.75, 3.05) is 5.43 Å². The number of hydrogen-bond donors (Lipinski definition) is 2. The second-order valence-corrected chi connectivity index (χ2v) is 7.22. The summed E-state index contributed by atoms with van der Waals surface area (Å²) in [5.41, 5.74) is 9.53. The van der Waals surface area contributed by atoms with Gasteiger partial charge in [0.15, 0.2) is 0 Å². The van der Waals surface area contributed by atoms with E-state index >= 15 is 0 Å². The molecule has 1 aromatic heterocycles. The molecular formula is C22H16N4O3S. The minimum atomic E-state index is -0.445. The van der Waals surface area contributed by atoms with Crippen molar-refractivity contribution in [3.8, 4) is 22.4 Å². The Labute approximate surface area is 176 Å². The molecule has 3 aromatic carbocycles. The zero-order chi connectivity index (χ0) is 20.9. The van der Waals surface area contributed by atoms with Crippen molar-refractivity contribution in [3.05, 3.63) is 99.9 Å². The number of anilines is 1. The summed E-state index contributed by atoms with van der Waals surface area (Å²) in [5.74, 6) is -0.276. The Hall–Kier alpha value is -4.04. The van der Waals surface area contributed by atoms with E-state index in [1.165, 1.54) is 23.5 Å². The number of hydrazine groups is 1. The number of benzene rings is 3. The number of aromatic nitrogens is 1. The van der Waals surface area contributed by atoms with Crippen LogP contribution in [0.2, 0.25) is 0 Å². The Morgan fingerprint density at radius 2 is 1.50 bits per heavy atom. The number of hydrogen-bond acceptors (Lipinski definition) is 6. The first-order chi connectivity index (χ1) is 14.6. The summed E-state index contributed by atoms with van der Waals surface area (Å²) in [6, 6.07) is 23.4. The molecule has 0 atom stereocenters. The Kier molecular flexibility index (Phi) is 5.49. The van der Waals surface area contributed by atoms with Crippen LogP contribution in [0.5, 0.6) is 0 Å². The standard InChI is InChI=1S/C22H16N4O3S/c27-21(18-8-6-16(7-9-18)15-4-2-1-3-5-15)24-25-22-23-20(14-30-22)17-10-12-19(13-11-17)26(28)29/h1-14H,(H,23,25)(H,24,27). The van der Waals surface area contributed by atoms with E-state index in [4.69, 9.17) is 0 Å². The van der Waals surface area contributed by atoms with Crippen LogP contribution < -0.4 is 10.9 Å². The third kappa shape index (κ3) is 4.34. The van der Waals surface area contributed by atoms with Crippen molar-refractivity contribution in [2.45, 2.75) is 0 Å². The largest absolute Gasteiger partial charge is 0.273 e. The number of nitrogens with zero attached hydrogens (tertiary/aromatic N) is 2. The van der Waals surface area contributed by atoms with Gasteiger partial charge in [0.05, 0.1) is 10.6 Å². The second-order valence-electron chi connectivity index (χ2n) is 6.36. The summed E-state index contributed by atoms with van der Waals surface area (Å²) < 4.78 is 0. The fourth-order valence-electron chi connectivity index (χ4n) is 2.84. The van der Waals surface area contributed by atoms with E-state index in [1.54, 1.807) is 24.3 Å². The monoisotopic (exact) mass is 416 g/mol. The van der Waals surface area contributed by atoms with Gasteiger partial charge in [0, 0.05) is 28.6 Å². The highest BCUT2D eigenvalue weighted by atomic mass is 32.1. The normalized spacial score (nSPS) is 10.4. The van der Waals surface area contributed by atoms with Gasteiger partial charge in [-0.05, 0) is 35.4 Å². The average molecular weight is 416 g/mol. The zero-order valence-corrected chi connectivity index (χ0v) is 16.4. The summed E-state index contributed by atoms with van der Waals surface area (Å²) in [4.78, 5) is 27.1. The molecule has 7 nitrogen and oxygen atoms in total.